The normalized spacial score (nSPS) is 11.7. The van der Waals surface area contributed by atoms with E-state index in [1.807, 2.05) is 45.0 Å². The molecule has 0 spiro atoms. The predicted molar refractivity (Wildman–Crippen MR) is 109 cm³/mol. The van der Waals surface area contributed by atoms with Crippen LogP contribution in [-0.4, -0.2) is 15.7 Å². The molecule has 0 aliphatic rings. The van der Waals surface area contributed by atoms with E-state index in [0.29, 0.717) is 10.7 Å². The molecule has 0 saturated carbocycles. The van der Waals surface area contributed by atoms with Crippen LogP contribution in [0.1, 0.15) is 34.1 Å². The fraction of sp³-hybridized carbons (Fsp3) is 0.227. The second kappa shape index (κ2) is 8.46. The Balaban J connectivity index is 1.82. The Morgan fingerprint density at radius 3 is 2.66 bits per heavy atom. The summed E-state index contributed by atoms with van der Waals surface area (Å²) in [6, 6.07) is 12.4. The van der Waals surface area contributed by atoms with Gasteiger partial charge in [0.05, 0.1) is 23.9 Å². The van der Waals surface area contributed by atoms with Crippen molar-refractivity contribution in [3.63, 3.8) is 0 Å². The number of nitriles is 1. The van der Waals surface area contributed by atoms with Gasteiger partial charge in [-0.2, -0.15) is 10.4 Å². The van der Waals surface area contributed by atoms with Gasteiger partial charge in [-0.15, -0.1) is 0 Å². The lowest BCUT2D eigenvalue weighted by molar-refractivity contribution is -0.120. The quantitative estimate of drug-likeness (QED) is 0.672. The molecule has 0 fully saturated rings. The third-order valence-corrected chi connectivity index (χ3v) is 5.24. The molecule has 0 saturated heterocycles. The Kier molecular flexibility index (Phi) is 6.00. The summed E-state index contributed by atoms with van der Waals surface area (Å²) in [5.74, 6) is -0.914. The maximum Gasteiger partial charge on any atom is 0.225 e. The minimum atomic E-state index is -1.06. The van der Waals surface area contributed by atoms with Gasteiger partial charge in [0.15, 0.2) is 0 Å². The van der Waals surface area contributed by atoms with Crippen LogP contribution in [0, 0.1) is 37.9 Å². The standard InChI is InChI=1S/C22H20ClFN4O/c1-13-8-9-16(10-19(13)23)28-15(3)18(14(2)27-28)11-22(29)26-21(12-25)17-6-4-5-7-20(17)24/h4-10,21H,11H2,1-3H3,(H,26,29). The molecule has 1 atom stereocenters. The largest absolute Gasteiger partial charge is 0.336 e. The summed E-state index contributed by atoms with van der Waals surface area (Å²) in [5.41, 5.74) is 4.17. The second-order valence-corrected chi connectivity index (χ2v) is 7.23. The minimum absolute atomic E-state index is 0.0316. The summed E-state index contributed by atoms with van der Waals surface area (Å²) in [4.78, 5) is 12.6. The average Bonchev–Trinajstić information content (AvgIpc) is 2.97. The number of benzene rings is 2. The van der Waals surface area contributed by atoms with Gasteiger partial charge in [-0.1, -0.05) is 35.9 Å². The minimum Gasteiger partial charge on any atom is -0.336 e. The monoisotopic (exact) mass is 410 g/mol. The van der Waals surface area contributed by atoms with E-state index in [1.54, 1.807) is 10.7 Å². The number of rotatable bonds is 5. The van der Waals surface area contributed by atoms with E-state index in [0.717, 1.165) is 22.5 Å². The van der Waals surface area contributed by atoms with E-state index in [9.17, 15) is 14.4 Å². The highest BCUT2D eigenvalue weighted by Gasteiger charge is 2.20. The zero-order valence-corrected chi connectivity index (χ0v) is 17.1. The van der Waals surface area contributed by atoms with Gasteiger partial charge < -0.3 is 5.32 Å². The van der Waals surface area contributed by atoms with E-state index in [1.165, 1.54) is 18.2 Å². The number of aryl methyl sites for hydroxylation is 2. The van der Waals surface area contributed by atoms with Gasteiger partial charge in [0, 0.05) is 21.8 Å². The molecule has 1 aromatic heterocycles. The Morgan fingerprint density at radius 2 is 2.00 bits per heavy atom. The summed E-state index contributed by atoms with van der Waals surface area (Å²) in [6.45, 7) is 5.61. The summed E-state index contributed by atoms with van der Waals surface area (Å²) in [7, 11) is 0. The first-order chi connectivity index (χ1) is 13.8. The maximum atomic E-state index is 14.0. The zero-order chi connectivity index (χ0) is 21.1. The molecule has 1 heterocycles. The van der Waals surface area contributed by atoms with Crippen molar-refractivity contribution in [1.29, 1.82) is 5.26 Å². The smallest absolute Gasteiger partial charge is 0.225 e. The van der Waals surface area contributed by atoms with Gasteiger partial charge in [0.1, 0.15) is 11.9 Å². The van der Waals surface area contributed by atoms with E-state index in [-0.39, 0.29) is 17.9 Å². The summed E-state index contributed by atoms with van der Waals surface area (Å²) in [5, 5.41) is 17.1. The molecular weight excluding hydrogens is 391 g/mol. The number of nitrogens with one attached hydrogen (secondary N) is 1. The lowest BCUT2D eigenvalue weighted by Crippen LogP contribution is -2.29. The molecule has 0 radical (unpaired) electrons. The fourth-order valence-electron chi connectivity index (χ4n) is 3.16. The first kappa shape index (κ1) is 20.6. The predicted octanol–water partition coefficient (Wildman–Crippen LogP) is 4.51. The number of aromatic nitrogens is 2. The van der Waals surface area contributed by atoms with E-state index in [2.05, 4.69) is 10.4 Å². The van der Waals surface area contributed by atoms with Crippen LogP contribution >= 0.6 is 11.6 Å². The molecule has 0 aliphatic carbocycles. The van der Waals surface area contributed by atoms with E-state index < -0.39 is 11.9 Å². The van der Waals surface area contributed by atoms with Crippen molar-refractivity contribution >= 4 is 17.5 Å². The molecule has 3 rings (SSSR count). The SMILES string of the molecule is Cc1ccc(-n2nc(C)c(CC(=O)NC(C#N)c3ccccc3F)c2C)cc1Cl. The van der Waals surface area contributed by atoms with Crippen molar-refractivity contribution in [3.05, 3.63) is 81.4 Å². The summed E-state index contributed by atoms with van der Waals surface area (Å²) in [6.07, 6.45) is 0.0316. The lowest BCUT2D eigenvalue weighted by Gasteiger charge is -2.13. The van der Waals surface area contributed by atoms with Crippen LogP contribution in [0.15, 0.2) is 42.5 Å². The number of halogens is 2. The third-order valence-electron chi connectivity index (χ3n) is 4.83. The van der Waals surface area contributed by atoms with Gasteiger partial charge >= 0.3 is 0 Å². The Bertz CT molecular complexity index is 1120. The van der Waals surface area contributed by atoms with Crippen LogP contribution in [0.5, 0.6) is 0 Å². The molecule has 7 heteroatoms. The van der Waals surface area contributed by atoms with Crippen LogP contribution < -0.4 is 5.32 Å². The van der Waals surface area contributed by atoms with Crippen molar-refractivity contribution < 1.29 is 9.18 Å². The van der Waals surface area contributed by atoms with Crippen molar-refractivity contribution in [3.8, 4) is 11.8 Å². The lowest BCUT2D eigenvalue weighted by atomic mass is 10.1. The Hall–Kier alpha value is -3.17. The summed E-state index contributed by atoms with van der Waals surface area (Å²) < 4.78 is 15.7. The summed E-state index contributed by atoms with van der Waals surface area (Å²) >= 11 is 6.22. The van der Waals surface area contributed by atoms with Crippen LogP contribution in [0.2, 0.25) is 5.02 Å². The van der Waals surface area contributed by atoms with Gasteiger partial charge in [0.25, 0.3) is 0 Å². The topological polar surface area (TPSA) is 70.7 Å². The molecular formula is C22H20ClFN4O. The van der Waals surface area contributed by atoms with E-state index in [4.69, 9.17) is 11.6 Å². The molecule has 1 N–H and O–H groups in total. The van der Waals surface area contributed by atoms with Crippen molar-refractivity contribution in [1.82, 2.24) is 15.1 Å². The van der Waals surface area contributed by atoms with Gasteiger partial charge in [0.2, 0.25) is 5.91 Å². The molecule has 148 valence electrons. The number of carbonyl (C=O) groups excluding carboxylic acids is 1. The molecule has 1 amide bonds. The molecule has 5 nitrogen and oxygen atoms in total. The van der Waals surface area contributed by atoms with Crippen molar-refractivity contribution in [2.75, 3.05) is 0 Å². The van der Waals surface area contributed by atoms with Crippen molar-refractivity contribution in [2.24, 2.45) is 0 Å². The zero-order valence-electron chi connectivity index (χ0n) is 16.3. The van der Waals surface area contributed by atoms with Crippen molar-refractivity contribution in [2.45, 2.75) is 33.2 Å². The number of hydrogen-bond donors (Lipinski definition) is 1. The molecule has 1 unspecified atom stereocenters. The Labute approximate surface area is 173 Å². The highest BCUT2D eigenvalue weighted by atomic mass is 35.5. The second-order valence-electron chi connectivity index (χ2n) is 6.82. The molecule has 0 aliphatic heterocycles. The van der Waals surface area contributed by atoms with Gasteiger partial charge in [-0.25, -0.2) is 9.07 Å². The number of amides is 1. The fourth-order valence-corrected chi connectivity index (χ4v) is 3.33. The highest BCUT2D eigenvalue weighted by molar-refractivity contribution is 6.31. The first-order valence-corrected chi connectivity index (χ1v) is 9.44. The van der Waals surface area contributed by atoms with Crippen LogP contribution in [0.25, 0.3) is 5.69 Å². The average molecular weight is 411 g/mol. The Morgan fingerprint density at radius 1 is 1.28 bits per heavy atom. The number of carbonyl (C=O) groups is 1. The first-order valence-electron chi connectivity index (χ1n) is 9.07. The van der Waals surface area contributed by atoms with Crippen LogP contribution in [0.3, 0.4) is 0 Å². The number of nitrogens with zero attached hydrogens (tertiary/aromatic N) is 3. The molecule has 2 aromatic carbocycles. The van der Waals surface area contributed by atoms with Gasteiger partial charge in [-0.05, 0) is 44.5 Å². The number of hydrogen-bond acceptors (Lipinski definition) is 3. The molecule has 0 bridgehead atoms. The van der Waals surface area contributed by atoms with Crippen LogP contribution in [0.4, 0.5) is 4.39 Å². The van der Waals surface area contributed by atoms with Gasteiger partial charge in [-0.3, -0.25) is 4.79 Å². The molecule has 3 aromatic rings. The van der Waals surface area contributed by atoms with E-state index >= 15 is 0 Å². The maximum absolute atomic E-state index is 14.0. The molecule has 29 heavy (non-hydrogen) atoms. The highest BCUT2D eigenvalue weighted by Crippen LogP contribution is 2.23. The van der Waals surface area contributed by atoms with Crippen LogP contribution in [-0.2, 0) is 11.2 Å². The third kappa shape index (κ3) is 4.30.